The van der Waals surface area contributed by atoms with E-state index in [0.717, 1.165) is 38.1 Å². The Morgan fingerprint density at radius 3 is 2.31 bits per heavy atom. The van der Waals surface area contributed by atoms with Gasteiger partial charge in [0, 0.05) is 24.8 Å². The maximum Gasteiger partial charge on any atom is 0.416 e. The maximum atomic E-state index is 12.8. The van der Waals surface area contributed by atoms with Crippen molar-refractivity contribution in [1.29, 1.82) is 0 Å². The molecule has 2 amide bonds. The van der Waals surface area contributed by atoms with E-state index in [4.69, 9.17) is 0 Å². The molecule has 4 nitrogen and oxygen atoms in total. The predicted molar refractivity (Wildman–Crippen MR) is 106 cm³/mol. The van der Waals surface area contributed by atoms with E-state index in [9.17, 15) is 18.0 Å². The number of anilines is 1. The highest BCUT2D eigenvalue weighted by atomic mass is 19.4. The Morgan fingerprint density at radius 1 is 0.966 bits per heavy atom. The number of nitrogens with one attached hydrogen (secondary N) is 1. The van der Waals surface area contributed by atoms with Gasteiger partial charge in [0.15, 0.2) is 0 Å². The molecule has 2 aromatic rings. The third kappa shape index (κ3) is 4.56. The highest BCUT2D eigenvalue weighted by Gasteiger charge is 2.37. The number of urea groups is 1. The smallest absolute Gasteiger partial charge is 0.321 e. The number of hydrogen-bond acceptors (Lipinski definition) is 2. The van der Waals surface area contributed by atoms with Crippen LogP contribution < -0.4 is 5.32 Å². The molecule has 7 heteroatoms. The molecule has 0 aliphatic carbocycles. The summed E-state index contributed by atoms with van der Waals surface area (Å²) in [4.78, 5) is 16.4. The molecule has 2 aromatic carbocycles. The topological polar surface area (TPSA) is 35.6 Å². The van der Waals surface area contributed by atoms with E-state index < -0.39 is 11.7 Å². The summed E-state index contributed by atoms with van der Waals surface area (Å²) < 4.78 is 38.4. The molecule has 0 atom stereocenters. The normalized spacial score (nSPS) is 19.1. The average molecular weight is 403 g/mol. The molecule has 0 bridgehead atoms. The Kier molecular flexibility index (Phi) is 5.50. The summed E-state index contributed by atoms with van der Waals surface area (Å²) >= 11 is 0. The van der Waals surface area contributed by atoms with Crippen molar-refractivity contribution in [2.24, 2.45) is 0 Å². The van der Waals surface area contributed by atoms with Gasteiger partial charge < -0.3 is 10.2 Å². The molecule has 29 heavy (non-hydrogen) atoms. The number of benzene rings is 2. The number of halogens is 3. The van der Waals surface area contributed by atoms with E-state index in [0.29, 0.717) is 25.0 Å². The lowest BCUT2D eigenvalue weighted by molar-refractivity contribution is -0.137. The summed E-state index contributed by atoms with van der Waals surface area (Å²) in [6.45, 7) is 3.24. The van der Waals surface area contributed by atoms with Gasteiger partial charge in [-0.3, -0.25) is 4.90 Å². The van der Waals surface area contributed by atoms with E-state index in [1.54, 1.807) is 4.90 Å². The summed E-state index contributed by atoms with van der Waals surface area (Å²) in [6, 6.07) is 15.3. The van der Waals surface area contributed by atoms with Gasteiger partial charge in [0.25, 0.3) is 0 Å². The van der Waals surface area contributed by atoms with Crippen LogP contribution in [0.15, 0.2) is 54.6 Å². The minimum Gasteiger partial charge on any atom is -0.321 e. The molecule has 2 saturated heterocycles. The monoisotopic (exact) mass is 403 g/mol. The van der Waals surface area contributed by atoms with Crippen molar-refractivity contribution in [2.75, 3.05) is 31.5 Å². The van der Waals surface area contributed by atoms with Crippen LogP contribution >= 0.6 is 0 Å². The molecule has 2 heterocycles. The van der Waals surface area contributed by atoms with Gasteiger partial charge in [0.1, 0.15) is 0 Å². The Morgan fingerprint density at radius 2 is 1.66 bits per heavy atom. The van der Waals surface area contributed by atoms with Crippen LogP contribution in [0.1, 0.15) is 29.9 Å². The van der Waals surface area contributed by atoms with E-state index in [1.165, 1.54) is 17.7 Å². The molecule has 154 valence electrons. The Hall–Kier alpha value is -2.54. The molecule has 1 N–H and O–H groups in total. The first-order valence-corrected chi connectivity index (χ1v) is 9.92. The number of rotatable bonds is 3. The Labute approximate surface area is 168 Å². The highest BCUT2D eigenvalue weighted by molar-refractivity contribution is 5.90. The number of alkyl halides is 3. The number of carbonyl (C=O) groups excluding carboxylic acids is 1. The molecule has 0 aromatic heterocycles. The third-order valence-corrected chi connectivity index (χ3v) is 5.91. The van der Waals surface area contributed by atoms with Gasteiger partial charge in [-0.15, -0.1) is 0 Å². The van der Waals surface area contributed by atoms with Gasteiger partial charge >= 0.3 is 12.2 Å². The largest absolute Gasteiger partial charge is 0.416 e. The third-order valence-electron chi connectivity index (χ3n) is 5.91. The molecular weight excluding hydrogens is 379 g/mol. The fraction of sp³-hybridized carbons (Fsp3) is 0.409. The highest BCUT2D eigenvalue weighted by Crippen LogP contribution is 2.32. The van der Waals surface area contributed by atoms with Crippen LogP contribution in [0.25, 0.3) is 0 Å². The number of amides is 2. The molecule has 0 saturated carbocycles. The van der Waals surface area contributed by atoms with Crippen molar-refractivity contribution < 1.29 is 18.0 Å². The SMILES string of the molecule is O=C(Nc1cccc(C(F)(F)F)c1)N1CC(N2CCC(c3ccccc3)CC2)C1. The van der Waals surface area contributed by atoms with Crippen molar-refractivity contribution >= 4 is 11.7 Å². The maximum absolute atomic E-state index is 12.8. The second-order valence-electron chi connectivity index (χ2n) is 7.79. The van der Waals surface area contributed by atoms with Gasteiger partial charge in [-0.2, -0.15) is 13.2 Å². The first kappa shape index (κ1) is 19.8. The van der Waals surface area contributed by atoms with Crippen molar-refractivity contribution in [3.63, 3.8) is 0 Å². The van der Waals surface area contributed by atoms with Gasteiger partial charge in [0.2, 0.25) is 0 Å². The number of piperidine rings is 1. The lowest BCUT2D eigenvalue weighted by Gasteiger charge is -2.47. The van der Waals surface area contributed by atoms with E-state index in [1.807, 2.05) is 6.07 Å². The lowest BCUT2D eigenvalue weighted by Crippen LogP contribution is -2.62. The quantitative estimate of drug-likeness (QED) is 0.799. The standard InChI is InChI=1S/C22H24F3N3O/c23-22(24,25)18-7-4-8-19(13-18)26-21(29)28-14-20(15-28)27-11-9-17(10-12-27)16-5-2-1-3-6-16/h1-8,13,17,20H,9-12,14-15H2,(H,26,29). The predicted octanol–water partition coefficient (Wildman–Crippen LogP) is 4.80. The fourth-order valence-electron chi connectivity index (χ4n) is 4.15. The summed E-state index contributed by atoms with van der Waals surface area (Å²) in [5.41, 5.74) is 0.790. The van der Waals surface area contributed by atoms with E-state index in [2.05, 4.69) is 34.5 Å². The second-order valence-corrected chi connectivity index (χ2v) is 7.79. The number of carbonyl (C=O) groups is 1. The van der Waals surface area contributed by atoms with Crippen molar-refractivity contribution in [2.45, 2.75) is 31.0 Å². The Bertz CT molecular complexity index is 842. The first-order chi connectivity index (χ1) is 13.9. The van der Waals surface area contributed by atoms with Crippen LogP contribution in [0.2, 0.25) is 0 Å². The second kappa shape index (κ2) is 8.06. The Balaban J connectivity index is 1.25. The van der Waals surface area contributed by atoms with E-state index in [-0.39, 0.29) is 11.7 Å². The zero-order valence-electron chi connectivity index (χ0n) is 16.0. The number of likely N-dealkylation sites (tertiary alicyclic amines) is 2. The molecule has 0 spiro atoms. The first-order valence-electron chi connectivity index (χ1n) is 9.92. The molecule has 2 aliphatic heterocycles. The van der Waals surface area contributed by atoms with Crippen molar-refractivity contribution in [3.8, 4) is 0 Å². The molecular formula is C22H24F3N3O. The zero-order chi connectivity index (χ0) is 20.4. The minimum absolute atomic E-state index is 0.164. The summed E-state index contributed by atoms with van der Waals surface area (Å²) in [6.07, 6.45) is -2.21. The van der Waals surface area contributed by atoms with Crippen LogP contribution in [0.4, 0.5) is 23.7 Å². The van der Waals surface area contributed by atoms with Crippen LogP contribution in [-0.4, -0.2) is 48.1 Å². The van der Waals surface area contributed by atoms with Crippen LogP contribution in [0, 0.1) is 0 Å². The van der Waals surface area contributed by atoms with Gasteiger partial charge in [0.05, 0.1) is 5.56 Å². The average Bonchev–Trinajstić information content (AvgIpc) is 2.68. The molecule has 4 rings (SSSR count). The van der Waals surface area contributed by atoms with Gasteiger partial charge in [-0.05, 0) is 55.6 Å². The molecule has 2 aliphatic rings. The van der Waals surface area contributed by atoms with Crippen molar-refractivity contribution in [1.82, 2.24) is 9.80 Å². The zero-order valence-corrected chi connectivity index (χ0v) is 16.0. The summed E-state index contributed by atoms with van der Waals surface area (Å²) in [5.74, 6) is 0.591. The minimum atomic E-state index is -4.42. The fourth-order valence-corrected chi connectivity index (χ4v) is 4.15. The van der Waals surface area contributed by atoms with Gasteiger partial charge in [-0.25, -0.2) is 4.79 Å². The number of nitrogens with zero attached hydrogens (tertiary/aromatic N) is 2. The van der Waals surface area contributed by atoms with Crippen molar-refractivity contribution in [3.05, 3.63) is 65.7 Å². The van der Waals surface area contributed by atoms with E-state index >= 15 is 0 Å². The van der Waals surface area contributed by atoms with Gasteiger partial charge in [-0.1, -0.05) is 36.4 Å². The van der Waals surface area contributed by atoms with Crippen LogP contribution in [-0.2, 0) is 6.18 Å². The molecule has 0 unspecified atom stereocenters. The van der Waals surface area contributed by atoms with Crippen LogP contribution in [0.5, 0.6) is 0 Å². The summed E-state index contributed by atoms with van der Waals surface area (Å²) in [7, 11) is 0. The molecule has 0 radical (unpaired) electrons. The van der Waals surface area contributed by atoms with Crippen LogP contribution in [0.3, 0.4) is 0 Å². The summed E-state index contributed by atoms with van der Waals surface area (Å²) in [5, 5.41) is 2.58. The lowest BCUT2D eigenvalue weighted by atomic mass is 9.88. The molecule has 2 fully saturated rings. The number of hydrogen-bond donors (Lipinski definition) is 1.